The number of furan rings is 1. The van der Waals surface area contributed by atoms with Crippen LogP contribution in [-0.4, -0.2) is 35.2 Å². The van der Waals surface area contributed by atoms with Crippen molar-refractivity contribution >= 4 is 22.7 Å². The summed E-state index contributed by atoms with van der Waals surface area (Å²) in [6.45, 7) is 7.93. The van der Waals surface area contributed by atoms with Crippen molar-refractivity contribution < 1.29 is 64.7 Å². The summed E-state index contributed by atoms with van der Waals surface area (Å²) in [4.78, 5) is 22.9. The molecule has 0 saturated carbocycles. The zero-order valence-corrected chi connectivity index (χ0v) is 21.8. The zero-order chi connectivity index (χ0) is 24.0. The third-order valence-corrected chi connectivity index (χ3v) is 5.25. The Balaban J connectivity index is 0.00000306. The predicted molar refractivity (Wildman–Crippen MR) is 126 cm³/mol. The first-order valence-electron chi connectivity index (χ1n) is 10.9. The van der Waals surface area contributed by atoms with Gasteiger partial charge in [0.15, 0.2) is 5.78 Å². The molecule has 0 aliphatic rings. The molecule has 0 radical (unpaired) electrons. The summed E-state index contributed by atoms with van der Waals surface area (Å²) in [7, 11) is 0. The molecule has 7 nitrogen and oxygen atoms in total. The molecule has 176 valence electrons. The molecule has 3 aromatic rings. The Morgan fingerprint density at radius 1 is 1.12 bits per heavy atom. The Hall–Kier alpha value is -2.74. The molecule has 0 bridgehead atoms. The van der Waals surface area contributed by atoms with E-state index in [-0.39, 0.29) is 48.3 Å². The number of phenols is 1. The van der Waals surface area contributed by atoms with Crippen LogP contribution in [0.15, 0.2) is 47.4 Å². The molecule has 0 spiro atoms. The number of ether oxygens (including phenoxy) is 2. The fourth-order valence-electron chi connectivity index (χ4n) is 3.70. The molecule has 0 amide bonds. The van der Waals surface area contributed by atoms with Gasteiger partial charge in [-0.25, -0.2) is 4.79 Å². The number of aromatic carboxylic acids is 1. The number of hydrogen-bond donors (Lipinski definition) is 2. The van der Waals surface area contributed by atoms with E-state index in [9.17, 15) is 19.8 Å². The first-order chi connectivity index (χ1) is 15.9. The van der Waals surface area contributed by atoms with Crippen molar-refractivity contribution in [2.24, 2.45) is 0 Å². The third kappa shape index (κ3) is 6.23. The Labute approximate surface area is 222 Å². The number of Topliss-reactive ketones (excluding diaryl/α,β-unsaturated/α-hetero) is 1. The second kappa shape index (κ2) is 12.6. The Morgan fingerprint density at radius 3 is 2.35 bits per heavy atom. The van der Waals surface area contributed by atoms with Crippen molar-refractivity contribution in [3.05, 3.63) is 65.4 Å². The van der Waals surface area contributed by atoms with Crippen molar-refractivity contribution in [2.75, 3.05) is 13.2 Å². The van der Waals surface area contributed by atoms with Crippen molar-refractivity contribution in [3.8, 4) is 17.2 Å². The van der Waals surface area contributed by atoms with Crippen LogP contribution in [0, 0.1) is 0 Å². The number of rotatable bonds is 12. The maximum Gasteiger partial charge on any atom is 1.00 e. The Morgan fingerprint density at radius 2 is 1.76 bits per heavy atom. The zero-order valence-electron chi connectivity index (χ0n) is 20.8. The average Bonchev–Trinajstić information content (AvgIpc) is 3.22. The number of phenolic OH excluding ortho intramolecular Hbond substituents is 1. The van der Waals surface area contributed by atoms with Crippen molar-refractivity contribution in [1.82, 2.24) is 0 Å². The van der Waals surface area contributed by atoms with Crippen molar-refractivity contribution in [1.29, 1.82) is 0 Å². The molecule has 0 aliphatic heterocycles. The number of fused-ring (bicyclic) bond motifs is 1. The van der Waals surface area contributed by atoms with E-state index in [1.54, 1.807) is 30.3 Å². The molecule has 0 unspecified atom stereocenters. The molecule has 0 saturated heterocycles. The summed E-state index contributed by atoms with van der Waals surface area (Å²) in [5.41, 5.74) is 2.23. The molecule has 8 heteroatoms. The van der Waals surface area contributed by atoms with Gasteiger partial charge in [0.2, 0.25) is 5.76 Å². The van der Waals surface area contributed by atoms with Crippen LogP contribution >= 0.6 is 0 Å². The molecule has 1 heterocycles. The van der Waals surface area contributed by atoms with Crippen LogP contribution in [0.4, 0.5) is 0 Å². The molecule has 0 aliphatic carbocycles. The molecular formula is C26H29NaO7. The van der Waals surface area contributed by atoms with E-state index >= 15 is 0 Å². The van der Waals surface area contributed by atoms with Gasteiger partial charge in [-0.2, -0.15) is 0 Å². The quantitative estimate of drug-likeness (QED) is 0.179. The minimum absolute atomic E-state index is 0. The summed E-state index contributed by atoms with van der Waals surface area (Å²) in [6, 6.07) is 8.25. The van der Waals surface area contributed by atoms with Gasteiger partial charge < -0.3 is 25.5 Å². The molecule has 3 rings (SSSR count). The molecule has 0 fully saturated rings. The van der Waals surface area contributed by atoms with Gasteiger partial charge >= 0.3 is 35.5 Å². The number of aromatic hydroxyl groups is 1. The average molecular weight is 477 g/mol. The SMILES string of the molecule is C=CCc1c(OCCCOc2ccc(C(C)=O)c(O)c2CCC)ccc2oc(C(=O)O)cc12.[H-].[Na+]. The standard InChI is InChI=1S/C26H28O7.Na.H/c1-4-7-18-20-15-24(26(29)30)33-23(20)12-11-21(18)31-13-6-14-32-22-10-9-17(16(3)27)25(28)19(22)8-5-2;;/h4,9-12,15,28H,1,5-8,13-14H2,2-3H3,(H,29,30);;/q;+1;-1. The fourth-order valence-corrected chi connectivity index (χ4v) is 3.70. The molecular weight excluding hydrogens is 447 g/mol. The topological polar surface area (TPSA) is 106 Å². The summed E-state index contributed by atoms with van der Waals surface area (Å²) in [6.07, 6.45) is 4.22. The number of carboxylic acids is 1. The Bertz CT molecular complexity index is 1190. The maximum absolute atomic E-state index is 11.7. The summed E-state index contributed by atoms with van der Waals surface area (Å²) >= 11 is 0. The van der Waals surface area contributed by atoms with Crippen LogP contribution in [0.3, 0.4) is 0 Å². The first-order valence-corrected chi connectivity index (χ1v) is 10.9. The number of carboxylic acid groups (broad SMARTS) is 1. The second-order valence-electron chi connectivity index (χ2n) is 7.66. The van der Waals surface area contributed by atoms with E-state index in [4.69, 9.17) is 13.9 Å². The molecule has 0 atom stereocenters. The smallest absolute Gasteiger partial charge is 1.00 e. The largest absolute Gasteiger partial charge is 1.00 e. The van der Waals surface area contributed by atoms with Crippen LogP contribution in [0.1, 0.15) is 60.2 Å². The van der Waals surface area contributed by atoms with Gasteiger partial charge in [0.25, 0.3) is 0 Å². The third-order valence-electron chi connectivity index (χ3n) is 5.25. The minimum atomic E-state index is -1.12. The minimum Gasteiger partial charge on any atom is -1.00 e. The van der Waals surface area contributed by atoms with E-state index < -0.39 is 5.97 Å². The monoisotopic (exact) mass is 476 g/mol. The van der Waals surface area contributed by atoms with E-state index in [0.717, 1.165) is 12.0 Å². The van der Waals surface area contributed by atoms with Crippen LogP contribution in [0.5, 0.6) is 17.2 Å². The number of hydrogen-bond acceptors (Lipinski definition) is 6. The number of benzene rings is 2. The number of carbonyl (C=O) groups is 2. The normalized spacial score (nSPS) is 10.5. The van der Waals surface area contributed by atoms with E-state index in [1.165, 1.54) is 13.0 Å². The van der Waals surface area contributed by atoms with Gasteiger partial charge in [-0.05, 0) is 50.1 Å². The van der Waals surface area contributed by atoms with Crippen molar-refractivity contribution in [3.63, 3.8) is 0 Å². The first kappa shape index (κ1) is 27.5. The van der Waals surface area contributed by atoms with Gasteiger partial charge in [0.05, 0.1) is 18.8 Å². The van der Waals surface area contributed by atoms with Gasteiger partial charge in [-0.3, -0.25) is 4.79 Å². The van der Waals surface area contributed by atoms with Crippen molar-refractivity contribution in [2.45, 2.75) is 39.5 Å². The van der Waals surface area contributed by atoms with Crippen LogP contribution < -0.4 is 39.0 Å². The summed E-state index contributed by atoms with van der Waals surface area (Å²) in [5.74, 6) is -0.252. The van der Waals surface area contributed by atoms with Gasteiger partial charge in [-0.15, -0.1) is 6.58 Å². The van der Waals surface area contributed by atoms with E-state index in [0.29, 0.717) is 66.1 Å². The number of carbonyl (C=O) groups excluding carboxylic acids is 1. The molecule has 34 heavy (non-hydrogen) atoms. The fraction of sp³-hybridized carbons (Fsp3) is 0.308. The molecule has 2 aromatic carbocycles. The number of ketones is 1. The number of allylic oxidation sites excluding steroid dienone is 1. The van der Waals surface area contributed by atoms with Crippen LogP contribution in [-0.2, 0) is 12.8 Å². The Kier molecular flexibility index (Phi) is 10.2. The summed E-state index contributed by atoms with van der Waals surface area (Å²) < 4.78 is 17.2. The second-order valence-corrected chi connectivity index (χ2v) is 7.66. The summed E-state index contributed by atoms with van der Waals surface area (Å²) in [5, 5.41) is 20.3. The van der Waals surface area contributed by atoms with Crippen LogP contribution in [0.2, 0.25) is 0 Å². The maximum atomic E-state index is 11.7. The van der Waals surface area contributed by atoms with Gasteiger partial charge in [0, 0.05) is 22.9 Å². The molecule has 1 aromatic heterocycles. The van der Waals surface area contributed by atoms with Gasteiger partial charge in [-0.1, -0.05) is 19.4 Å². The van der Waals surface area contributed by atoms with E-state index in [2.05, 4.69) is 6.58 Å². The van der Waals surface area contributed by atoms with Gasteiger partial charge in [0.1, 0.15) is 22.8 Å². The van der Waals surface area contributed by atoms with E-state index in [1.807, 2.05) is 6.92 Å². The van der Waals surface area contributed by atoms with Crippen LogP contribution in [0.25, 0.3) is 11.0 Å². The predicted octanol–water partition coefficient (Wildman–Crippen LogP) is 2.68. The molecule has 2 N–H and O–H groups in total.